The number of aromatic hydroxyl groups is 1. The molecule has 0 unspecified atom stereocenters. The largest absolute Gasteiger partial charge is 0.507 e. The minimum atomic E-state index is -0.816. The zero-order chi connectivity index (χ0) is 18.4. The molecule has 0 fully saturated rings. The van der Waals surface area contributed by atoms with Crippen molar-refractivity contribution >= 4 is 17.9 Å². The number of phenolic OH excluding ortho intramolecular Hbond substituents is 1. The number of carbonyl (C=O) groups excluding carboxylic acids is 3. The highest BCUT2D eigenvalue weighted by molar-refractivity contribution is 5.98. The number of ether oxygens (including phenoxy) is 1. The molecule has 7 nitrogen and oxygen atoms in total. The van der Waals surface area contributed by atoms with Crippen molar-refractivity contribution < 1.29 is 24.2 Å². The lowest BCUT2D eigenvalue weighted by atomic mass is 9.92. The molecule has 7 heteroatoms. The summed E-state index contributed by atoms with van der Waals surface area (Å²) in [5.74, 6) is -1.54. The lowest BCUT2D eigenvalue weighted by Gasteiger charge is -2.16. The normalized spacial score (nSPS) is 10.6. The second-order valence-corrected chi connectivity index (χ2v) is 6.02. The Labute approximate surface area is 141 Å². The highest BCUT2D eigenvalue weighted by Crippen LogP contribution is 2.33. The molecule has 0 saturated heterocycles. The maximum atomic E-state index is 12.2. The summed E-state index contributed by atoms with van der Waals surface area (Å²) in [6.07, 6.45) is 0. The molecule has 1 aromatic rings. The number of phenols is 1. The van der Waals surface area contributed by atoms with Crippen molar-refractivity contribution in [2.45, 2.75) is 39.5 Å². The zero-order valence-electron chi connectivity index (χ0n) is 14.6. The van der Waals surface area contributed by atoms with Gasteiger partial charge in [0.1, 0.15) is 11.3 Å². The summed E-state index contributed by atoms with van der Waals surface area (Å²) in [6, 6.07) is 2.73. The Morgan fingerprint density at radius 2 is 1.75 bits per heavy atom. The maximum absolute atomic E-state index is 12.2. The van der Waals surface area contributed by atoms with Crippen molar-refractivity contribution in [1.82, 2.24) is 10.6 Å². The summed E-state index contributed by atoms with van der Waals surface area (Å²) in [5, 5.41) is 14.5. The van der Waals surface area contributed by atoms with E-state index in [2.05, 4.69) is 5.32 Å². The van der Waals surface area contributed by atoms with Crippen LogP contribution in [0.25, 0.3) is 0 Å². The number of carbonyl (C=O) groups is 3. The number of esters is 1. The van der Waals surface area contributed by atoms with Gasteiger partial charge in [0.05, 0.1) is 0 Å². The van der Waals surface area contributed by atoms with Gasteiger partial charge in [-0.3, -0.25) is 10.1 Å². The first-order valence-corrected chi connectivity index (χ1v) is 7.72. The average molecular weight is 336 g/mol. The van der Waals surface area contributed by atoms with Crippen molar-refractivity contribution in [1.29, 1.82) is 0 Å². The molecule has 0 radical (unpaired) electrons. The molecule has 1 rings (SSSR count). The van der Waals surface area contributed by atoms with Crippen LogP contribution in [0.5, 0.6) is 5.75 Å². The topological polar surface area (TPSA) is 105 Å². The van der Waals surface area contributed by atoms with Gasteiger partial charge in [-0.05, 0) is 29.0 Å². The minimum Gasteiger partial charge on any atom is -0.507 e. The first-order chi connectivity index (χ1) is 11.2. The molecule has 0 spiro atoms. The van der Waals surface area contributed by atoms with Crippen LogP contribution in [0.4, 0.5) is 4.79 Å². The Kier molecular flexibility index (Phi) is 6.76. The molecule has 24 heavy (non-hydrogen) atoms. The number of rotatable bonds is 5. The van der Waals surface area contributed by atoms with Crippen molar-refractivity contribution in [2.75, 3.05) is 13.7 Å². The number of hydrogen-bond donors (Lipinski definition) is 3. The SMILES string of the molecule is CNC(=O)NC(=O)COC(=O)c1cc(C(C)C)cc(C(C)C)c1O. The van der Waals surface area contributed by atoms with Crippen LogP contribution >= 0.6 is 0 Å². The molecule has 3 N–H and O–H groups in total. The van der Waals surface area contributed by atoms with E-state index in [0.717, 1.165) is 5.56 Å². The first-order valence-electron chi connectivity index (χ1n) is 7.72. The summed E-state index contributed by atoms with van der Waals surface area (Å²) in [4.78, 5) is 34.7. The van der Waals surface area contributed by atoms with E-state index < -0.39 is 24.5 Å². The Balaban J connectivity index is 2.97. The fourth-order valence-corrected chi connectivity index (χ4v) is 2.04. The molecular weight excluding hydrogens is 312 g/mol. The predicted molar refractivity (Wildman–Crippen MR) is 89.2 cm³/mol. The molecule has 0 aliphatic heterocycles. The fourth-order valence-electron chi connectivity index (χ4n) is 2.04. The van der Waals surface area contributed by atoms with Gasteiger partial charge in [0.2, 0.25) is 0 Å². The summed E-state index contributed by atoms with van der Waals surface area (Å²) in [7, 11) is 1.36. The van der Waals surface area contributed by atoms with Gasteiger partial charge in [-0.2, -0.15) is 0 Å². The van der Waals surface area contributed by atoms with Crippen LogP contribution in [0, 0.1) is 0 Å². The van der Waals surface area contributed by atoms with Crippen molar-refractivity contribution in [3.8, 4) is 5.75 Å². The van der Waals surface area contributed by atoms with Crippen LogP contribution in [-0.2, 0) is 9.53 Å². The van der Waals surface area contributed by atoms with Gasteiger partial charge in [0, 0.05) is 7.05 Å². The average Bonchev–Trinajstić information content (AvgIpc) is 2.51. The first kappa shape index (κ1) is 19.5. The van der Waals surface area contributed by atoms with Gasteiger partial charge in [-0.25, -0.2) is 9.59 Å². The number of benzene rings is 1. The van der Waals surface area contributed by atoms with Gasteiger partial charge < -0.3 is 15.2 Å². The molecule has 132 valence electrons. The monoisotopic (exact) mass is 336 g/mol. The van der Waals surface area contributed by atoms with E-state index in [9.17, 15) is 19.5 Å². The van der Waals surface area contributed by atoms with Crippen molar-refractivity contribution in [3.63, 3.8) is 0 Å². The lowest BCUT2D eigenvalue weighted by Crippen LogP contribution is -2.39. The highest BCUT2D eigenvalue weighted by Gasteiger charge is 2.21. The molecule has 0 aliphatic carbocycles. The molecule has 0 saturated carbocycles. The van der Waals surface area contributed by atoms with Crippen molar-refractivity contribution in [2.24, 2.45) is 0 Å². The van der Waals surface area contributed by atoms with E-state index in [0.29, 0.717) is 5.56 Å². The Hall–Kier alpha value is -2.57. The summed E-state index contributed by atoms with van der Waals surface area (Å²) < 4.78 is 4.89. The van der Waals surface area contributed by atoms with Gasteiger partial charge in [0.15, 0.2) is 6.61 Å². The lowest BCUT2D eigenvalue weighted by molar-refractivity contribution is -0.123. The van der Waals surface area contributed by atoms with Crippen molar-refractivity contribution in [3.05, 3.63) is 28.8 Å². The van der Waals surface area contributed by atoms with E-state index in [1.54, 1.807) is 6.07 Å². The molecule has 0 aliphatic rings. The van der Waals surface area contributed by atoms with E-state index in [4.69, 9.17) is 4.74 Å². The van der Waals surface area contributed by atoms with Crippen LogP contribution in [-0.4, -0.2) is 36.7 Å². The summed E-state index contributed by atoms with van der Waals surface area (Å²) >= 11 is 0. The summed E-state index contributed by atoms with van der Waals surface area (Å²) in [5.41, 5.74) is 1.54. The minimum absolute atomic E-state index is 0.0117. The zero-order valence-corrected chi connectivity index (χ0v) is 14.6. The second-order valence-electron chi connectivity index (χ2n) is 6.02. The molecule has 3 amide bonds. The second kappa shape index (κ2) is 8.33. The van der Waals surface area contributed by atoms with Gasteiger partial charge >= 0.3 is 12.0 Å². The van der Waals surface area contributed by atoms with Crippen LogP contribution in [0.3, 0.4) is 0 Å². The number of hydrogen-bond acceptors (Lipinski definition) is 5. The van der Waals surface area contributed by atoms with Crippen LogP contribution < -0.4 is 10.6 Å². The fraction of sp³-hybridized carbons (Fsp3) is 0.471. The van der Waals surface area contributed by atoms with E-state index in [1.807, 2.05) is 39.1 Å². The molecule has 0 heterocycles. The predicted octanol–water partition coefficient (Wildman–Crippen LogP) is 2.25. The van der Waals surface area contributed by atoms with Crippen LogP contribution in [0.2, 0.25) is 0 Å². The van der Waals surface area contributed by atoms with Gasteiger partial charge in [-0.15, -0.1) is 0 Å². The maximum Gasteiger partial charge on any atom is 0.342 e. The number of urea groups is 1. The number of imide groups is 1. The molecule has 0 bridgehead atoms. The molecular formula is C17H24N2O5. The Morgan fingerprint density at radius 3 is 2.25 bits per heavy atom. The van der Waals surface area contributed by atoms with E-state index in [-0.39, 0.29) is 23.1 Å². The third-order valence-electron chi connectivity index (χ3n) is 3.48. The quantitative estimate of drug-likeness (QED) is 0.715. The van der Waals surface area contributed by atoms with Gasteiger partial charge in [0.25, 0.3) is 5.91 Å². The van der Waals surface area contributed by atoms with E-state index in [1.165, 1.54) is 7.05 Å². The van der Waals surface area contributed by atoms with Gasteiger partial charge in [-0.1, -0.05) is 33.8 Å². The third-order valence-corrected chi connectivity index (χ3v) is 3.48. The molecule has 0 aromatic heterocycles. The number of amides is 3. The Morgan fingerprint density at radius 1 is 1.12 bits per heavy atom. The van der Waals surface area contributed by atoms with E-state index >= 15 is 0 Å². The highest BCUT2D eigenvalue weighted by atomic mass is 16.5. The molecule has 0 atom stereocenters. The van der Waals surface area contributed by atoms with Crippen LogP contribution in [0.15, 0.2) is 12.1 Å². The Bertz CT molecular complexity index is 638. The smallest absolute Gasteiger partial charge is 0.342 e. The summed E-state index contributed by atoms with van der Waals surface area (Å²) in [6.45, 7) is 7.15. The standard InChI is InChI=1S/C17H24N2O5/c1-9(2)11-6-12(10(3)4)15(21)13(7-11)16(22)24-8-14(20)19-17(23)18-5/h6-7,9-10,21H,8H2,1-5H3,(H2,18,19,20,23). The number of nitrogens with one attached hydrogen (secondary N) is 2. The van der Waals surface area contributed by atoms with Crippen LogP contribution in [0.1, 0.15) is 61.0 Å². The third kappa shape index (κ3) is 4.97. The molecule has 1 aromatic carbocycles.